The van der Waals surface area contributed by atoms with E-state index in [1.807, 2.05) is 153 Å². The number of thioether (sulfide) groups is 1. The van der Waals surface area contributed by atoms with Crippen molar-refractivity contribution in [3.05, 3.63) is 198 Å². The number of rotatable bonds is 14. The first-order valence-electron chi connectivity index (χ1n) is 17.5. The molecule has 2 amide bonds. The van der Waals surface area contributed by atoms with Gasteiger partial charge in [0.1, 0.15) is 17.9 Å². The average Bonchev–Trinajstić information content (AvgIpc) is 3.49. The number of carbonyl (C=O) groups is 2. The lowest BCUT2D eigenvalue weighted by atomic mass is 9.75. The third-order valence-corrected chi connectivity index (χ3v) is 11.1. The highest BCUT2D eigenvalue weighted by atomic mass is 32.2. The fourth-order valence-corrected chi connectivity index (χ4v) is 8.43. The molecule has 1 saturated heterocycles. The van der Waals surface area contributed by atoms with Gasteiger partial charge < -0.3 is 9.57 Å². The number of amides is 2. The number of nitrogens with zero attached hydrogens (tertiary/aromatic N) is 2. The predicted octanol–water partition coefficient (Wildman–Crippen LogP) is 10.3. The summed E-state index contributed by atoms with van der Waals surface area (Å²) in [5.41, 5.74) is 4.13. The third kappa shape index (κ3) is 8.09. The molecule has 53 heavy (non-hydrogen) atoms. The Hall–Kier alpha value is -5.57. The summed E-state index contributed by atoms with van der Waals surface area (Å²) in [4.78, 5) is 37.8. The Labute approximate surface area is 318 Å². The van der Waals surface area contributed by atoms with Gasteiger partial charge in [0.25, 0.3) is 5.24 Å². The molecule has 0 bridgehead atoms. The van der Waals surface area contributed by atoms with Gasteiger partial charge in [-0.2, -0.15) is 0 Å². The fraction of sp³-hybridized carbons (Fsp3) is 0.133. The number of ether oxygens (including phenoxy) is 1. The normalized spacial score (nSPS) is 14.7. The van der Waals surface area contributed by atoms with Crippen LogP contribution in [0.4, 0.5) is 4.79 Å². The summed E-state index contributed by atoms with van der Waals surface area (Å²) < 4.78 is 5.91. The SMILES string of the molecule is CC(=NOCCOc1ccc(CC2SC(=O)N(C(c3ccccc3)(c3ccccc3)c3ccccc3)C2=O)cc1)c1ccc(Sc2ccccc2)cc1. The minimum Gasteiger partial charge on any atom is -0.490 e. The molecule has 1 unspecified atom stereocenters. The molecular weight excluding hydrogens is 697 g/mol. The number of hydrogen-bond acceptors (Lipinski definition) is 7. The molecule has 1 heterocycles. The van der Waals surface area contributed by atoms with Crippen LogP contribution in [-0.2, 0) is 21.6 Å². The maximum atomic E-state index is 14.4. The maximum Gasteiger partial charge on any atom is 0.290 e. The molecule has 0 saturated carbocycles. The lowest BCUT2D eigenvalue weighted by Gasteiger charge is -2.42. The van der Waals surface area contributed by atoms with E-state index in [9.17, 15) is 9.59 Å². The van der Waals surface area contributed by atoms with Crippen molar-refractivity contribution in [2.24, 2.45) is 5.16 Å². The van der Waals surface area contributed by atoms with E-state index in [0.717, 1.165) is 50.2 Å². The van der Waals surface area contributed by atoms with Crippen LogP contribution < -0.4 is 4.74 Å². The first kappa shape index (κ1) is 35.8. The summed E-state index contributed by atoms with van der Waals surface area (Å²) in [6.07, 6.45) is 0.406. The van der Waals surface area contributed by atoms with E-state index in [2.05, 4.69) is 29.4 Å². The molecule has 0 radical (unpaired) electrons. The first-order valence-corrected chi connectivity index (χ1v) is 19.1. The van der Waals surface area contributed by atoms with Crippen molar-refractivity contribution in [1.82, 2.24) is 4.90 Å². The van der Waals surface area contributed by atoms with Crippen LogP contribution >= 0.6 is 23.5 Å². The Kier molecular flexibility index (Phi) is 11.4. The zero-order valence-corrected chi connectivity index (χ0v) is 30.8. The number of hydrogen-bond donors (Lipinski definition) is 0. The fourth-order valence-electron chi connectivity index (χ4n) is 6.53. The third-order valence-electron chi connectivity index (χ3n) is 9.07. The maximum absolute atomic E-state index is 14.4. The average molecular weight is 735 g/mol. The van der Waals surface area contributed by atoms with Crippen LogP contribution in [0.3, 0.4) is 0 Å². The summed E-state index contributed by atoms with van der Waals surface area (Å²) in [7, 11) is 0. The van der Waals surface area contributed by atoms with Crippen molar-refractivity contribution in [2.75, 3.05) is 13.2 Å². The first-order chi connectivity index (χ1) is 26.0. The van der Waals surface area contributed by atoms with Gasteiger partial charge >= 0.3 is 0 Å². The van der Waals surface area contributed by atoms with Gasteiger partial charge in [-0.05, 0) is 77.6 Å². The second kappa shape index (κ2) is 16.8. The smallest absolute Gasteiger partial charge is 0.290 e. The number of benzene rings is 6. The van der Waals surface area contributed by atoms with Crippen LogP contribution in [0.25, 0.3) is 0 Å². The Morgan fingerprint density at radius 3 is 1.72 bits per heavy atom. The number of imide groups is 1. The van der Waals surface area contributed by atoms with Crippen molar-refractivity contribution in [3.63, 3.8) is 0 Å². The quantitative estimate of drug-likeness (QED) is 0.0480. The van der Waals surface area contributed by atoms with Gasteiger partial charge in [0.15, 0.2) is 6.61 Å². The molecule has 1 fully saturated rings. The Morgan fingerprint density at radius 2 is 1.17 bits per heavy atom. The lowest BCUT2D eigenvalue weighted by Crippen LogP contribution is -2.51. The molecule has 0 N–H and O–H groups in total. The Bertz CT molecular complexity index is 2050. The molecule has 1 atom stereocenters. The van der Waals surface area contributed by atoms with Crippen LogP contribution in [0.2, 0.25) is 0 Å². The monoisotopic (exact) mass is 734 g/mol. The van der Waals surface area contributed by atoms with Crippen molar-refractivity contribution < 1.29 is 19.2 Å². The largest absolute Gasteiger partial charge is 0.490 e. The van der Waals surface area contributed by atoms with Crippen molar-refractivity contribution in [2.45, 2.75) is 33.9 Å². The molecule has 8 heteroatoms. The van der Waals surface area contributed by atoms with Gasteiger partial charge in [0, 0.05) is 9.79 Å². The van der Waals surface area contributed by atoms with Crippen molar-refractivity contribution in [1.29, 1.82) is 0 Å². The molecule has 6 aromatic carbocycles. The molecule has 264 valence electrons. The van der Waals surface area contributed by atoms with E-state index in [1.165, 1.54) is 9.80 Å². The Morgan fingerprint density at radius 1 is 0.660 bits per heavy atom. The summed E-state index contributed by atoms with van der Waals surface area (Å²) in [5.74, 6) is 0.468. The van der Waals surface area contributed by atoms with Crippen LogP contribution in [-0.4, -0.2) is 40.2 Å². The van der Waals surface area contributed by atoms with Crippen molar-refractivity contribution >= 4 is 40.4 Å². The summed E-state index contributed by atoms with van der Waals surface area (Å²) in [5, 5.41) is 3.43. The van der Waals surface area contributed by atoms with E-state index >= 15 is 0 Å². The second-order valence-corrected chi connectivity index (χ2v) is 14.8. The molecule has 1 aliphatic heterocycles. The molecule has 0 aromatic heterocycles. The molecule has 0 spiro atoms. The zero-order valence-electron chi connectivity index (χ0n) is 29.2. The summed E-state index contributed by atoms with van der Waals surface area (Å²) in [6, 6.07) is 55.6. The summed E-state index contributed by atoms with van der Waals surface area (Å²) in [6.45, 7) is 2.53. The molecule has 6 aromatic rings. The highest BCUT2D eigenvalue weighted by Gasteiger charge is 2.53. The highest BCUT2D eigenvalue weighted by Crippen LogP contribution is 2.48. The van der Waals surface area contributed by atoms with Crippen molar-refractivity contribution in [3.8, 4) is 5.75 Å². The summed E-state index contributed by atoms with van der Waals surface area (Å²) >= 11 is 2.81. The molecule has 1 aliphatic rings. The second-order valence-electron chi connectivity index (χ2n) is 12.5. The minimum absolute atomic E-state index is 0.216. The predicted molar refractivity (Wildman–Crippen MR) is 214 cm³/mol. The lowest BCUT2D eigenvalue weighted by molar-refractivity contribution is -0.129. The van der Waals surface area contributed by atoms with Crippen LogP contribution in [0.15, 0.2) is 185 Å². The molecule has 7 rings (SSSR count). The molecule has 0 aliphatic carbocycles. The van der Waals surface area contributed by atoms with E-state index < -0.39 is 10.8 Å². The van der Waals surface area contributed by atoms with E-state index in [4.69, 9.17) is 9.57 Å². The van der Waals surface area contributed by atoms with Gasteiger partial charge in [-0.25, -0.2) is 0 Å². The zero-order chi connectivity index (χ0) is 36.5. The standard InChI is InChI=1S/C45H38N2O4S2/c1-33(35-24-28-41(29-25-35)52-40-20-12-5-13-21-40)46-51-31-30-50-39-26-22-34(23-27-39)32-42-43(48)47(44(49)53-42)45(36-14-6-2-7-15-36,37-16-8-3-9-17-37)38-18-10-4-11-19-38/h2-29,42H,30-32H2,1H3. The topological polar surface area (TPSA) is 68.2 Å². The minimum atomic E-state index is -1.13. The van der Waals surface area contributed by atoms with Crippen LogP contribution in [0.5, 0.6) is 5.75 Å². The van der Waals surface area contributed by atoms with Crippen LogP contribution in [0, 0.1) is 0 Å². The van der Waals surface area contributed by atoms with Gasteiger partial charge in [0.2, 0.25) is 5.91 Å². The van der Waals surface area contributed by atoms with Gasteiger partial charge in [-0.3, -0.25) is 14.5 Å². The van der Waals surface area contributed by atoms with E-state index in [0.29, 0.717) is 18.8 Å². The number of carbonyl (C=O) groups excluding carboxylic acids is 2. The highest BCUT2D eigenvalue weighted by molar-refractivity contribution is 8.15. The molecular formula is C45H38N2O4S2. The molecule has 6 nitrogen and oxygen atoms in total. The van der Waals surface area contributed by atoms with Gasteiger partial charge in [-0.1, -0.05) is 162 Å². The van der Waals surface area contributed by atoms with E-state index in [1.54, 1.807) is 11.8 Å². The number of oxime groups is 1. The van der Waals surface area contributed by atoms with Gasteiger partial charge in [0.05, 0.1) is 11.0 Å². The van der Waals surface area contributed by atoms with E-state index in [-0.39, 0.29) is 17.8 Å². The Balaban J connectivity index is 0.974. The van der Waals surface area contributed by atoms with Gasteiger partial charge in [-0.15, -0.1) is 0 Å². The van der Waals surface area contributed by atoms with Crippen LogP contribution in [0.1, 0.15) is 34.7 Å².